The molecule has 0 aliphatic rings. The Morgan fingerprint density at radius 1 is 0.254 bits per heavy atom. The summed E-state index contributed by atoms with van der Waals surface area (Å²) < 4.78 is 0. The predicted octanol–water partition coefficient (Wildman–Crippen LogP) is 12.1. The van der Waals surface area contributed by atoms with Gasteiger partial charge in [-0.2, -0.15) is 0 Å². The average Bonchev–Trinajstić information content (AvgIpc) is 3.37. The fourth-order valence-corrected chi connectivity index (χ4v) is 19.1. The van der Waals surface area contributed by atoms with Crippen LogP contribution in [0, 0.1) is 24.7 Å². The summed E-state index contributed by atoms with van der Waals surface area (Å²) in [4.78, 5) is 0. The summed E-state index contributed by atoms with van der Waals surface area (Å²) in [6.45, 7) is 0. The monoisotopic (exact) mass is 974 g/mol. The summed E-state index contributed by atoms with van der Waals surface area (Å²) >= 11 is 0. The number of benzene rings is 8. The molecule has 5 heteroatoms. The zero-order valence-corrected chi connectivity index (χ0v) is 40.8. The summed E-state index contributed by atoms with van der Waals surface area (Å²) in [6.07, 6.45) is 21.1. The molecule has 0 spiro atoms. The van der Waals surface area contributed by atoms with E-state index in [1.54, 1.807) is 0 Å². The molecular formula is C58H52P4Ru. The molecule has 0 heterocycles. The third kappa shape index (κ3) is 16.7. The molecule has 0 N–H and O–H groups in total. The Hall–Kier alpha value is -4.78. The van der Waals surface area contributed by atoms with Crippen LogP contribution in [0.5, 0.6) is 0 Å². The largest absolute Gasteiger partial charge is 2.00 e. The van der Waals surface area contributed by atoms with Crippen molar-refractivity contribution in [1.29, 1.82) is 0 Å². The minimum Gasteiger partial charge on any atom is -0.366 e. The van der Waals surface area contributed by atoms with E-state index in [4.69, 9.17) is 12.8 Å². The van der Waals surface area contributed by atoms with E-state index in [1.807, 2.05) is 60.7 Å². The average molecular weight is 974 g/mol. The zero-order chi connectivity index (χ0) is 42.9. The first-order chi connectivity index (χ1) is 30.7. The maximum Gasteiger partial charge on any atom is 2.00 e. The zero-order valence-electron chi connectivity index (χ0n) is 35.5. The van der Waals surface area contributed by atoms with Crippen LogP contribution < -0.4 is 31.8 Å². The smallest absolute Gasteiger partial charge is 0.366 e. The number of rotatable bonds is 15. The molecule has 0 atom stereocenters. The standard InChI is InChI=1S/C42H42P4.2C8H5.Ru/c1-7-19-37(20-8-1)44(38-21-9-2-10-22-38)34-31-43(32-35-45(39-23-11-3-12-24-39)40-25-13-4-14-26-40)33-36-46(41-27-15-5-16-28-41)42-29-17-6-18-30-42;2*1-2-8-6-4-3-5-7-8;/h1-30H,31-36H2;2*3-7H;/q;2*-1;+2. The molecule has 0 fully saturated rings. The van der Waals surface area contributed by atoms with E-state index in [9.17, 15) is 0 Å². The van der Waals surface area contributed by atoms with E-state index >= 15 is 0 Å². The summed E-state index contributed by atoms with van der Waals surface area (Å²) in [7, 11) is -1.30. The van der Waals surface area contributed by atoms with Gasteiger partial charge in [-0.3, -0.25) is 11.8 Å². The Balaban J connectivity index is 0.000000367. The SMILES string of the molecule is [C-]#Cc1ccccc1.[C-]#Cc1ccccc1.[Ru+2].c1ccc(P(CCP(CCP(c2ccccc2)c2ccccc2)CCP(c2ccccc2)c2ccccc2)c2ccccc2)cc1. The van der Waals surface area contributed by atoms with Crippen LogP contribution in [-0.4, -0.2) is 37.0 Å². The van der Waals surface area contributed by atoms with E-state index < -0.39 is 0 Å². The quantitative estimate of drug-likeness (QED) is 0.0416. The van der Waals surface area contributed by atoms with Gasteiger partial charge in [0.25, 0.3) is 0 Å². The van der Waals surface area contributed by atoms with E-state index in [1.165, 1.54) is 68.8 Å². The van der Waals surface area contributed by atoms with Crippen LogP contribution in [0.2, 0.25) is 0 Å². The van der Waals surface area contributed by atoms with Crippen LogP contribution in [0.4, 0.5) is 0 Å². The fourth-order valence-electron chi connectivity index (χ4n) is 6.97. The normalized spacial score (nSPS) is 10.4. The van der Waals surface area contributed by atoms with Gasteiger partial charge in [0.05, 0.1) is 0 Å². The molecule has 8 rings (SSSR count). The molecule has 0 amide bonds. The third-order valence-corrected chi connectivity index (χ3v) is 21.3. The van der Waals surface area contributed by atoms with E-state index in [-0.39, 0.29) is 51.2 Å². The van der Waals surface area contributed by atoms with Crippen molar-refractivity contribution >= 4 is 63.5 Å². The first-order valence-corrected chi connectivity index (χ1v) is 27.5. The summed E-state index contributed by atoms with van der Waals surface area (Å²) in [5.74, 6) is 4.55. The van der Waals surface area contributed by atoms with E-state index in [2.05, 4.69) is 194 Å². The van der Waals surface area contributed by atoms with E-state index in [0.29, 0.717) is 0 Å². The minimum absolute atomic E-state index is 0. The molecule has 312 valence electrons. The second kappa shape index (κ2) is 28.8. The van der Waals surface area contributed by atoms with Crippen molar-refractivity contribution in [3.05, 3.63) is 267 Å². The summed E-state index contributed by atoms with van der Waals surface area (Å²) in [5, 5.41) is 9.03. The van der Waals surface area contributed by atoms with Gasteiger partial charge >= 0.3 is 19.5 Å². The predicted molar refractivity (Wildman–Crippen MR) is 279 cm³/mol. The van der Waals surface area contributed by atoms with Gasteiger partial charge in [-0.05, 0) is 92.6 Å². The maximum atomic E-state index is 6.69. The van der Waals surface area contributed by atoms with Gasteiger partial charge in [0.15, 0.2) is 0 Å². The first-order valence-electron chi connectivity index (χ1n) is 21.0. The minimum atomic E-state index is -0.384. The number of hydrogen-bond donors (Lipinski definition) is 0. The second-order valence-electron chi connectivity index (χ2n) is 14.3. The van der Waals surface area contributed by atoms with Crippen LogP contribution in [0.15, 0.2) is 243 Å². The van der Waals surface area contributed by atoms with Crippen molar-refractivity contribution in [2.75, 3.05) is 37.0 Å². The van der Waals surface area contributed by atoms with Gasteiger partial charge in [-0.1, -0.05) is 218 Å². The third-order valence-electron chi connectivity index (χ3n) is 10.2. The van der Waals surface area contributed by atoms with Crippen molar-refractivity contribution in [1.82, 2.24) is 0 Å². The van der Waals surface area contributed by atoms with Gasteiger partial charge in [0, 0.05) is 0 Å². The second-order valence-corrected chi connectivity index (χ2v) is 24.0. The van der Waals surface area contributed by atoms with Crippen LogP contribution in [0.1, 0.15) is 11.1 Å². The Morgan fingerprint density at radius 2 is 0.429 bits per heavy atom. The molecule has 0 nitrogen and oxygen atoms in total. The van der Waals surface area contributed by atoms with Crippen molar-refractivity contribution < 1.29 is 19.5 Å². The molecule has 8 aromatic carbocycles. The van der Waals surface area contributed by atoms with E-state index in [0.717, 1.165) is 11.1 Å². The number of hydrogen-bond acceptors (Lipinski definition) is 0. The molecule has 0 radical (unpaired) electrons. The van der Waals surface area contributed by atoms with Gasteiger partial charge in [-0.25, -0.2) is 0 Å². The van der Waals surface area contributed by atoms with Crippen molar-refractivity contribution in [3.63, 3.8) is 0 Å². The molecular weight excluding hydrogens is 922 g/mol. The topological polar surface area (TPSA) is 0 Å². The Labute approximate surface area is 395 Å². The van der Waals surface area contributed by atoms with Gasteiger partial charge in [0.1, 0.15) is 0 Å². The summed E-state index contributed by atoms with van der Waals surface area (Å²) in [6, 6.07) is 86.6. The molecule has 0 saturated heterocycles. The Morgan fingerprint density at radius 3 is 0.587 bits per heavy atom. The van der Waals surface area contributed by atoms with Crippen molar-refractivity contribution in [3.8, 4) is 11.8 Å². The molecule has 0 aliphatic heterocycles. The Kier molecular flexibility index (Phi) is 22.5. The molecule has 8 aromatic rings. The molecule has 63 heavy (non-hydrogen) atoms. The molecule has 0 unspecified atom stereocenters. The molecule has 0 bridgehead atoms. The van der Waals surface area contributed by atoms with Gasteiger partial charge in [0.2, 0.25) is 0 Å². The van der Waals surface area contributed by atoms with Crippen LogP contribution in [-0.2, 0) is 19.5 Å². The maximum absolute atomic E-state index is 6.69. The van der Waals surface area contributed by atoms with Crippen molar-refractivity contribution in [2.24, 2.45) is 0 Å². The van der Waals surface area contributed by atoms with Crippen LogP contribution in [0.3, 0.4) is 0 Å². The molecule has 0 aliphatic carbocycles. The molecule has 0 aromatic heterocycles. The van der Waals surface area contributed by atoms with Gasteiger partial charge in [-0.15, -0.1) is 43.3 Å². The van der Waals surface area contributed by atoms with Crippen LogP contribution in [0.25, 0.3) is 0 Å². The van der Waals surface area contributed by atoms with Crippen molar-refractivity contribution in [2.45, 2.75) is 0 Å². The van der Waals surface area contributed by atoms with Crippen LogP contribution >= 0.6 is 31.7 Å². The fraction of sp³-hybridized carbons (Fsp3) is 0.103. The van der Waals surface area contributed by atoms with Gasteiger partial charge < -0.3 is 12.8 Å². The molecule has 0 saturated carbocycles. The summed E-state index contributed by atoms with van der Waals surface area (Å²) in [5.41, 5.74) is 1.65. The first kappa shape index (κ1) is 49.2. The Bertz CT molecular complexity index is 2100.